The van der Waals surface area contributed by atoms with E-state index in [2.05, 4.69) is 0 Å². The van der Waals surface area contributed by atoms with Crippen molar-refractivity contribution in [2.24, 2.45) is 0 Å². The summed E-state index contributed by atoms with van der Waals surface area (Å²) >= 11 is 6.81. The summed E-state index contributed by atoms with van der Waals surface area (Å²) in [6.45, 7) is 0.0563. The Morgan fingerprint density at radius 1 is 0.969 bits per heavy atom. The summed E-state index contributed by atoms with van der Waals surface area (Å²) in [7, 11) is 0. The lowest BCUT2D eigenvalue weighted by Gasteiger charge is -2.14. The molecule has 0 bridgehead atoms. The topological polar surface area (TPSA) is 46.6 Å². The fraction of sp³-hybridized carbons (Fsp3) is 0.0833. The molecule has 0 unspecified atom stereocenters. The fourth-order valence-electron chi connectivity index (χ4n) is 3.04. The van der Waals surface area contributed by atoms with Crippen molar-refractivity contribution in [3.63, 3.8) is 0 Å². The molecule has 4 nitrogen and oxygen atoms in total. The summed E-state index contributed by atoms with van der Waals surface area (Å²) in [5, 5.41) is -0.330. The van der Waals surface area contributed by atoms with Crippen LogP contribution in [0.5, 0.6) is 5.75 Å². The van der Waals surface area contributed by atoms with Gasteiger partial charge >= 0.3 is 0 Å². The Morgan fingerprint density at radius 3 is 2.38 bits per heavy atom. The third kappa shape index (κ3) is 5.00. The molecule has 0 aromatic heterocycles. The summed E-state index contributed by atoms with van der Waals surface area (Å²) in [4.78, 5) is 26.2. The van der Waals surface area contributed by atoms with Crippen molar-refractivity contribution in [2.75, 3.05) is 0 Å². The number of imide groups is 1. The van der Waals surface area contributed by atoms with Crippen molar-refractivity contribution in [1.82, 2.24) is 4.90 Å². The Kier molecular flexibility index (Phi) is 6.58. The number of nitrogens with zero attached hydrogens (tertiary/aromatic N) is 1. The number of benzene rings is 3. The van der Waals surface area contributed by atoms with Gasteiger partial charge in [0, 0.05) is 10.6 Å². The third-order valence-electron chi connectivity index (χ3n) is 4.75. The van der Waals surface area contributed by atoms with E-state index in [4.69, 9.17) is 16.3 Å². The van der Waals surface area contributed by atoms with Gasteiger partial charge in [0.25, 0.3) is 11.1 Å². The molecule has 3 aromatic rings. The zero-order valence-electron chi connectivity index (χ0n) is 16.6. The Balaban J connectivity index is 1.42. The van der Waals surface area contributed by atoms with E-state index in [1.165, 1.54) is 30.3 Å². The zero-order valence-corrected chi connectivity index (χ0v) is 18.1. The number of thioether (sulfide) groups is 1. The number of ether oxygens (including phenoxy) is 1. The molecule has 1 aliphatic heterocycles. The first kappa shape index (κ1) is 22.0. The highest BCUT2D eigenvalue weighted by Gasteiger charge is 2.35. The molecule has 162 valence electrons. The molecule has 4 rings (SSSR count). The monoisotopic (exact) mass is 471 g/mol. The minimum absolute atomic E-state index is 0.0976. The van der Waals surface area contributed by atoms with Gasteiger partial charge in [0.1, 0.15) is 24.0 Å². The van der Waals surface area contributed by atoms with E-state index < -0.39 is 17.0 Å². The quantitative estimate of drug-likeness (QED) is 0.388. The molecule has 32 heavy (non-hydrogen) atoms. The molecule has 1 heterocycles. The Morgan fingerprint density at radius 2 is 1.69 bits per heavy atom. The van der Waals surface area contributed by atoms with E-state index in [9.17, 15) is 18.4 Å². The third-order valence-corrected chi connectivity index (χ3v) is 6.01. The average molecular weight is 472 g/mol. The first-order chi connectivity index (χ1) is 15.4. The van der Waals surface area contributed by atoms with Crippen molar-refractivity contribution in [1.29, 1.82) is 0 Å². The summed E-state index contributed by atoms with van der Waals surface area (Å²) in [6, 6.07) is 17.2. The zero-order chi connectivity index (χ0) is 22.7. The number of carbonyl (C=O) groups is 2. The first-order valence-electron chi connectivity index (χ1n) is 9.56. The van der Waals surface area contributed by atoms with Crippen molar-refractivity contribution in [2.45, 2.75) is 13.2 Å². The molecule has 3 aromatic carbocycles. The van der Waals surface area contributed by atoms with E-state index in [1.54, 1.807) is 42.5 Å². The Hall–Kier alpha value is -3.16. The Labute approximate surface area is 192 Å². The van der Waals surface area contributed by atoms with Gasteiger partial charge in [-0.1, -0.05) is 41.9 Å². The van der Waals surface area contributed by atoms with Crippen LogP contribution in [0.15, 0.2) is 71.6 Å². The molecule has 0 atom stereocenters. The van der Waals surface area contributed by atoms with Gasteiger partial charge < -0.3 is 4.74 Å². The number of hydrogen-bond acceptors (Lipinski definition) is 4. The van der Waals surface area contributed by atoms with Gasteiger partial charge in [0.15, 0.2) is 0 Å². The molecule has 0 N–H and O–H groups in total. The lowest BCUT2D eigenvalue weighted by molar-refractivity contribution is -0.123. The summed E-state index contributed by atoms with van der Waals surface area (Å²) < 4.78 is 32.7. The molecule has 0 aliphatic carbocycles. The second-order valence-corrected chi connectivity index (χ2v) is 8.35. The maximum Gasteiger partial charge on any atom is 0.293 e. The SMILES string of the molecule is O=C1SC(=Cc2ccc(OCc3ccc(F)cc3)cc2)C(=O)N1Cc1c(F)cccc1Cl. The molecule has 0 saturated carbocycles. The van der Waals surface area contributed by atoms with E-state index in [-0.39, 0.29) is 34.5 Å². The normalized spacial score (nSPS) is 15.0. The van der Waals surface area contributed by atoms with E-state index in [0.29, 0.717) is 11.3 Å². The summed E-state index contributed by atoms with van der Waals surface area (Å²) in [5.74, 6) is -0.777. The van der Waals surface area contributed by atoms with Crippen molar-refractivity contribution >= 4 is 40.6 Å². The Bertz CT molecular complexity index is 1180. The van der Waals surface area contributed by atoms with E-state index in [1.807, 2.05) is 0 Å². The maximum atomic E-state index is 14.0. The first-order valence-corrected chi connectivity index (χ1v) is 10.8. The fourth-order valence-corrected chi connectivity index (χ4v) is 4.10. The number of hydrogen-bond donors (Lipinski definition) is 0. The van der Waals surface area contributed by atoms with Gasteiger partial charge in [-0.3, -0.25) is 14.5 Å². The maximum absolute atomic E-state index is 14.0. The lowest BCUT2D eigenvalue weighted by atomic mass is 10.2. The summed E-state index contributed by atoms with van der Waals surface area (Å²) in [5.41, 5.74) is 1.63. The van der Waals surface area contributed by atoms with Crippen LogP contribution in [-0.2, 0) is 17.9 Å². The summed E-state index contributed by atoms with van der Waals surface area (Å²) in [6.07, 6.45) is 1.59. The van der Waals surface area contributed by atoms with Gasteiger partial charge in [0.05, 0.1) is 11.4 Å². The van der Waals surface area contributed by atoms with Crippen LogP contribution in [0.3, 0.4) is 0 Å². The van der Waals surface area contributed by atoms with Crippen molar-refractivity contribution < 1.29 is 23.1 Å². The van der Waals surface area contributed by atoms with E-state index >= 15 is 0 Å². The van der Waals surface area contributed by atoms with Crippen molar-refractivity contribution in [3.8, 4) is 5.75 Å². The molecular weight excluding hydrogens is 456 g/mol. The van der Waals surface area contributed by atoms with Gasteiger partial charge in [-0.15, -0.1) is 0 Å². The average Bonchev–Trinajstić information content (AvgIpc) is 3.04. The lowest BCUT2D eigenvalue weighted by Crippen LogP contribution is -2.28. The second-order valence-electron chi connectivity index (χ2n) is 6.95. The van der Waals surface area contributed by atoms with Crippen LogP contribution in [0.4, 0.5) is 13.6 Å². The molecule has 1 fully saturated rings. The van der Waals surface area contributed by atoms with Crippen LogP contribution in [0.1, 0.15) is 16.7 Å². The molecular formula is C24H16ClF2NO3S. The van der Waals surface area contributed by atoms with E-state index in [0.717, 1.165) is 22.2 Å². The predicted octanol–water partition coefficient (Wildman–Crippen LogP) is 6.43. The molecule has 1 saturated heterocycles. The molecule has 0 spiro atoms. The van der Waals surface area contributed by atoms with Gasteiger partial charge in [-0.05, 0) is 65.4 Å². The smallest absolute Gasteiger partial charge is 0.293 e. The molecule has 0 radical (unpaired) electrons. The van der Waals surface area contributed by atoms with Gasteiger partial charge in [-0.25, -0.2) is 8.78 Å². The van der Waals surface area contributed by atoms with Gasteiger partial charge in [0.2, 0.25) is 0 Å². The van der Waals surface area contributed by atoms with Crippen LogP contribution in [0.25, 0.3) is 6.08 Å². The highest BCUT2D eigenvalue weighted by Crippen LogP contribution is 2.34. The number of carbonyl (C=O) groups excluding carboxylic acids is 2. The molecule has 1 aliphatic rings. The largest absolute Gasteiger partial charge is 0.489 e. The van der Waals surface area contributed by atoms with Crippen LogP contribution >= 0.6 is 23.4 Å². The van der Waals surface area contributed by atoms with Crippen molar-refractivity contribution in [3.05, 3.63) is 105 Å². The van der Waals surface area contributed by atoms with Crippen LogP contribution < -0.4 is 4.74 Å². The number of rotatable bonds is 6. The minimum atomic E-state index is -0.572. The van der Waals surface area contributed by atoms with Crippen LogP contribution in [0, 0.1) is 11.6 Å². The second kappa shape index (κ2) is 9.54. The molecule has 8 heteroatoms. The van der Waals surface area contributed by atoms with Crippen LogP contribution in [0.2, 0.25) is 5.02 Å². The standard InChI is InChI=1S/C24H16ClF2NO3S/c25-20-2-1-3-21(27)19(20)13-28-23(29)22(32-24(28)30)12-15-6-10-18(11-7-15)31-14-16-4-8-17(26)9-5-16/h1-12H,13-14H2. The van der Waals surface area contributed by atoms with Crippen LogP contribution in [-0.4, -0.2) is 16.0 Å². The minimum Gasteiger partial charge on any atom is -0.489 e. The highest BCUT2D eigenvalue weighted by atomic mass is 35.5. The van der Waals surface area contributed by atoms with Gasteiger partial charge in [-0.2, -0.15) is 0 Å². The number of halogens is 3. The highest BCUT2D eigenvalue weighted by molar-refractivity contribution is 8.18. The number of amides is 2. The predicted molar refractivity (Wildman–Crippen MR) is 120 cm³/mol. The molecule has 2 amide bonds.